The molecule has 0 aromatic heterocycles. The van der Waals surface area contributed by atoms with Gasteiger partial charge in [-0.15, -0.1) is 0 Å². The van der Waals surface area contributed by atoms with Crippen LogP contribution in [0.4, 0.5) is 0 Å². The highest BCUT2D eigenvalue weighted by molar-refractivity contribution is 5.73. The van der Waals surface area contributed by atoms with Gasteiger partial charge in [0.2, 0.25) is 0 Å². The van der Waals surface area contributed by atoms with Crippen molar-refractivity contribution >= 4 is 5.97 Å². The van der Waals surface area contributed by atoms with Crippen LogP contribution in [0.2, 0.25) is 0 Å². The van der Waals surface area contributed by atoms with Gasteiger partial charge in [0.1, 0.15) is 5.92 Å². The molecule has 60 valence electrons. The summed E-state index contributed by atoms with van der Waals surface area (Å²) in [6, 6.07) is -0.373. The molecule has 2 aliphatic heterocycles. The van der Waals surface area contributed by atoms with Crippen LogP contribution in [0.5, 0.6) is 0 Å². The van der Waals surface area contributed by atoms with Crippen molar-refractivity contribution in [1.82, 2.24) is 0 Å². The Morgan fingerprint density at radius 3 is 2.45 bits per heavy atom. The van der Waals surface area contributed by atoms with Crippen molar-refractivity contribution < 1.29 is 14.6 Å². The minimum atomic E-state index is -0.866. The number of carboxylic acids is 1. The lowest BCUT2D eigenvalue weighted by Crippen LogP contribution is -2.41. The topological polar surface area (TPSA) is 72.6 Å². The fraction of sp³-hybridized carbons (Fsp3) is 0.571. The average molecular weight is 155 g/mol. The van der Waals surface area contributed by atoms with Crippen LogP contribution in [-0.4, -0.2) is 29.3 Å². The lowest BCUT2D eigenvalue weighted by molar-refractivity contribution is -0.143. The van der Waals surface area contributed by atoms with Crippen LogP contribution in [0.15, 0.2) is 12.2 Å². The molecule has 0 radical (unpaired) electrons. The molecule has 11 heavy (non-hydrogen) atoms. The summed E-state index contributed by atoms with van der Waals surface area (Å²) in [5, 5.41) is 8.71. The van der Waals surface area contributed by atoms with Crippen LogP contribution >= 0.6 is 0 Å². The Labute approximate surface area is 63.6 Å². The molecule has 1 fully saturated rings. The Hall–Kier alpha value is -0.870. The lowest BCUT2D eigenvalue weighted by atomic mass is 9.90. The molecule has 2 heterocycles. The van der Waals surface area contributed by atoms with Crippen molar-refractivity contribution in [3.8, 4) is 0 Å². The Morgan fingerprint density at radius 2 is 2.09 bits per heavy atom. The Balaban J connectivity index is 2.25. The fourth-order valence-corrected chi connectivity index (χ4v) is 1.64. The zero-order valence-electron chi connectivity index (χ0n) is 5.81. The first-order valence-electron chi connectivity index (χ1n) is 3.52. The smallest absolute Gasteiger partial charge is 0.311 e. The van der Waals surface area contributed by atoms with Gasteiger partial charge in [0.25, 0.3) is 0 Å². The number of carbonyl (C=O) groups is 1. The maximum atomic E-state index is 10.6. The number of ether oxygens (including phenoxy) is 1. The zero-order chi connectivity index (χ0) is 8.01. The number of carboxylic acid groups (broad SMARTS) is 1. The van der Waals surface area contributed by atoms with E-state index in [0.29, 0.717) is 0 Å². The van der Waals surface area contributed by atoms with E-state index in [0.717, 1.165) is 0 Å². The second-order valence-corrected chi connectivity index (χ2v) is 2.89. The van der Waals surface area contributed by atoms with Crippen molar-refractivity contribution in [1.29, 1.82) is 0 Å². The molecule has 0 unspecified atom stereocenters. The first-order chi connectivity index (χ1) is 5.20. The standard InChI is InChI=1S/C7H9NO3/c8-6-4-2-1-3(11-4)5(6)7(9)10/h1-6H,8H2,(H,9,10)/t3-,4-,5+,6-/m1/s1. The van der Waals surface area contributed by atoms with Crippen LogP contribution in [0, 0.1) is 5.92 Å². The minimum absolute atomic E-state index is 0.180. The summed E-state index contributed by atoms with van der Waals surface area (Å²) in [5.41, 5.74) is 5.61. The van der Waals surface area contributed by atoms with Crippen molar-refractivity contribution in [2.24, 2.45) is 11.7 Å². The number of fused-ring (bicyclic) bond motifs is 2. The maximum absolute atomic E-state index is 10.6. The van der Waals surface area contributed by atoms with Crippen molar-refractivity contribution in [3.63, 3.8) is 0 Å². The highest BCUT2D eigenvalue weighted by Gasteiger charge is 2.47. The quantitative estimate of drug-likeness (QED) is 0.493. The molecule has 2 bridgehead atoms. The van der Waals surface area contributed by atoms with E-state index in [2.05, 4.69) is 0 Å². The monoisotopic (exact) mass is 155 g/mol. The number of rotatable bonds is 1. The molecule has 1 saturated heterocycles. The molecule has 2 aliphatic rings. The predicted octanol–water partition coefficient (Wildman–Crippen LogP) is -0.648. The molecule has 3 N–H and O–H groups in total. The van der Waals surface area contributed by atoms with E-state index in [1.165, 1.54) is 0 Å². The van der Waals surface area contributed by atoms with Gasteiger partial charge in [0.05, 0.1) is 18.2 Å². The van der Waals surface area contributed by atoms with Gasteiger partial charge in [0.15, 0.2) is 0 Å². The summed E-state index contributed by atoms with van der Waals surface area (Å²) in [4.78, 5) is 10.6. The third kappa shape index (κ3) is 0.797. The van der Waals surface area contributed by atoms with Gasteiger partial charge < -0.3 is 15.6 Å². The molecule has 4 heteroatoms. The molecule has 0 aromatic carbocycles. The van der Waals surface area contributed by atoms with Crippen LogP contribution < -0.4 is 5.73 Å². The molecule has 4 nitrogen and oxygen atoms in total. The van der Waals surface area contributed by atoms with E-state index >= 15 is 0 Å². The van der Waals surface area contributed by atoms with E-state index in [1.54, 1.807) is 6.08 Å². The van der Waals surface area contributed by atoms with E-state index in [9.17, 15) is 4.79 Å². The summed E-state index contributed by atoms with van der Waals surface area (Å²) < 4.78 is 5.24. The Kier molecular flexibility index (Phi) is 1.27. The molecule has 2 rings (SSSR count). The van der Waals surface area contributed by atoms with Gasteiger partial charge in [-0.1, -0.05) is 12.2 Å². The largest absolute Gasteiger partial charge is 0.481 e. The molecule has 4 atom stereocenters. The van der Waals surface area contributed by atoms with Crippen molar-refractivity contribution in [2.45, 2.75) is 18.2 Å². The van der Waals surface area contributed by atoms with Gasteiger partial charge in [-0.05, 0) is 0 Å². The zero-order valence-corrected chi connectivity index (χ0v) is 5.81. The number of hydrogen-bond acceptors (Lipinski definition) is 3. The first kappa shape index (κ1) is 6.82. The maximum Gasteiger partial charge on any atom is 0.311 e. The Bertz CT molecular complexity index is 226. The van der Waals surface area contributed by atoms with Gasteiger partial charge >= 0.3 is 5.97 Å². The second-order valence-electron chi connectivity index (χ2n) is 2.89. The number of aliphatic carboxylic acids is 1. The lowest BCUT2D eigenvalue weighted by Gasteiger charge is -2.16. The van der Waals surface area contributed by atoms with Gasteiger partial charge in [0, 0.05) is 0 Å². The SMILES string of the molecule is N[C@H]1[C@@H](C(=O)O)[C@H]2C=C[C@H]1O2. The third-order valence-corrected chi connectivity index (χ3v) is 2.24. The molecular weight excluding hydrogens is 146 g/mol. The average Bonchev–Trinajstić information content (AvgIpc) is 2.44. The summed E-state index contributed by atoms with van der Waals surface area (Å²) in [6.45, 7) is 0. The predicted molar refractivity (Wildman–Crippen MR) is 36.9 cm³/mol. The molecule has 0 saturated carbocycles. The third-order valence-electron chi connectivity index (χ3n) is 2.24. The summed E-state index contributed by atoms with van der Waals surface area (Å²) in [7, 11) is 0. The summed E-state index contributed by atoms with van der Waals surface area (Å²) in [5.74, 6) is -1.42. The van der Waals surface area contributed by atoms with E-state index in [4.69, 9.17) is 15.6 Å². The van der Waals surface area contributed by atoms with Crippen LogP contribution in [0.3, 0.4) is 0 Å². The normalized spacial score (nSPS) is 46.6. The molecular formula is C7H9NO3. The van der Waals surface area contributed by atoms with Gasteiger partial charge in [-0.3, -0.25) is 4.79 Å². The number of hydrogen-bond donors (Lipinski definition) is 2. The van der Waals surface area contributed by atoms with Crippen LogP contribution in [-0.2, 0) is 9.53 Å². The van der Waals surface area contributed by atoms with E-state index in [-0.39, 0.29) is 18.2 Å². The second kappa shape index (κ2) is 2.06. The van der Waals surface area contributed by atoms with E-state index in [1.807, 2.05) is 6.08 Å². The van der Waals surface area contributed by atoms with Gasteiger partial charge in [-0.2, -0.15) is 0 Å². The molecule has 0 aromatic rings. The Morgan fingerprint density at radius 1 is 1.45 bits per heavy atom. The molecule has 0 amide bonds. The van der Waals surface area contributed by atoms with Crippen molar-refractivity contribution in [2.75, 3.05) is 0 Å². The fourth-order valence-electron chi connectivity index (χ4n) is 1.64. The van der Waals surface area contributed by atoms with Gasteiger partial charge in [-0.25, -0.2) is 0 Å². The van der Waals surface area contributed by atoms with Crippen molar-refractivity contribution in [3.05, 3.63) is 12.2 Å². The van der Waals surface area contributed by atoms with Crippen LogP contribution in [0.1, 0.15) is 0 Å². The minimum Gasteiger partial charge on any atom is -0.481 e. The summed E-state index contributed by atoms with van der Waals surface area (Å²) >= 11 is 0. The van der Waals surface area contributed by atoms with E-state index < -0.39 is 11.9 Å². The molecule has 0 spiro atoms. The first-order valence-corrected chi connectivity index (χ1v) is 3.52. The highest BCUT2D eigenvalue weighted by Crippen LogP contribution is 2.32. The molecule has 0 aliphatic carbocycles. The number of nitrogens with two attached hydrogens (primary N) is 1. The summed E-state index contributed by atoms with van der Waals surface area (Å²) in [6.07, 6.45) is 3.12. The highest BCUT2D eigenvalue weighted by atomic mass is 16.5. The van der Waals surface area contributed by atoms with Crippen LogP contribution in [0.25, 0.3) is 0 Å².